The van der Waals surface area contributed by atoms with Gasteiger partial charge in [0, 0.05) is 32.2 Å². The molecule has 186 valence electrons. The topological polar surface area (TPSA) is 85.1 Å². The number of anilines is 2. The van der Waals surface area contributed by atoms with Crippen LogP contribution < -0.4 is 9.80 Å². The van der Waals surface area contributed by atoms with Crippen LogP contribution in [0.1, 0.15) is 42.5 Å². The van der Waals surface area contributed by atoms with Gasteiger partial charge in [-0.1, -0.05) is 0 Å². The molecule has 35 heavy (non-hydrogen) atoms. The van der Waals surface area contributed by atoms with Crippen molar-refractivity contribution in [2.75, 3.05) is 49.2 Å². The van der Waals surface area contributed by atoms with E-state index in [2.05, 4.69) is 25.0 Å². The summed E-state index contributed by atoms with van der Waals surface area (Å²) in [7, 11) is 0. The summed E-state index contributed by atoms with van der Waals surface area (Å²) in [5.41, 5.74) is 1.66. The van der Waals surface area contributed by atoms with Gasteiger partial charge >= 0.3 is 6.18 Å². The fourth-order valence-corrected chi connectivity index (χ4v) is 5.42. The van der Waals surface area contributed by atoms with Gasteiger partial charge in [0.25, 0.3) is 0 Å². The lowest BCUT2D eigenvalue weighted by Crippen LogP contribution is -2.42. The Bertz CT molecular complexity index is 1260. The number of alkyl halides is 3. The van der Waals surface area contributed by atoms with Crippen molar-refractivity contribution in [2.24, 2.45) is 5.41 Å². The maximum absolute atomic E-state index is 13.2. The summed E-state index contributed by atoms with van der Waals surface area (Å²) in [4.78, 5) is 21.7. The van der Waals surface area contributed by atoms with E-state index in [4.69, 9.17) is 9.72 Å². The molecule has 6 rings (SSSR count). The van der Waals surface area contributed by atoms with Gasteiger partial charge in [0.05, 0.1) is 25.1 Å². The van der Waals surface area contributed by atoms with Crippen LogP contribution in [0, 0.1) is 19.3 Å². The second-order valence-corrected chi connectivity index (χ2v) is 9.94. The Labute approximate surface area is 200 Å². The minimum atomic E-state index is -4.48. The van der Waals surface area contributed by atoms with Crippen LogP contribution >= 0.6 is 0 Å². The number of aryl methyl sites for hydroxylation is 2. The van der Waals surface area contributed by atoms with Gasteiger partial charge in [0.1, 0.15) is 34.7 Å². The Morgan fingerprint density at radius 1 is 0.971 bits per heavy atom. The number of rotatable bonds is 3. The highest BCUT2D eigenvalue weighted by Gasteiger charge is 2.42. The standard InChI is InChI=1S/C23H27F3N8O/c1-14-20-21(34(31-14)16-11-35-12-16)30-19(10-27-20)32-6-3-22(4-7-32)5-8-33(13-22)18-9-17(23(24,25)26)28-15(2)29-18/h9-10,16H,3-8,11-13H2,1-2H3. The van der Waals surface area contributed by atoms with E-state index in [9.17, 15) is 13.2 Å². The summed E-state index contributed by atoms with van der Waals surface area (Å²) < 4.78 is 47.0. The molecular weight excluding hydrogens is 461 g/mol. The summed E-state index contributed by atoms with van der Waals surface area (Å²) in [5.74, 6) is 1.34. The van der Waals surface area contributed by atoms with Crippen LogP contribution in [0.3, 0.4) is 0 Å². The van der Waals surface area contributed by atoms with Crippen molar-refractivity contribution in [3.63, 3.8) is 0 Å². The lowest BCUT2D eigenvalue weighted by atomic mass is 9.78. The zero-order chi connectivity index (χ0) is 24.4. The number of ether oxygens (including phenoxy) is 1. The third-order valence-corrected chi connectivity index (χ3v) is 7.55. The average molecular weight is 489 g/mol. The molecule has 3 aliphatic rings. The zero-order valence-corrected chi connectivity index (χ0v) is 19.7. The van der Waals surface area contributed by atoms with Crippen LogP contribution in [0.5, 0.6) is 0 Å². The molecule has 9 nitrogen and oxygen atoms in total. The van der Waals surface area contributed by atoms with Gasteiger partial charge in [0.2, 0.25) is 0 Å². The summed E-state index contributed by atoms with van der Waals surface area (Å²) >= 11 is 0. The molecule has 0 aromatic carbocycles. The monoisotopic (exact) mass is 488 g/mol. The maximum Gasteiger partial charge on any atom is 0.433 e. The first-order valence-electron chi connectivity index (χ1n) is 11.9. The second-order valence-electron chi connectivity index (χ2n) is 9.94. The summed E-state index contributed by atoms with van der Waals surface area (Å²) in [6, 6.07) is 1.28. The first-order chi connectivity index (χ1) is 16.7. The molecule has 0 bridgehead atoms. The van der Waals surface area contributed by atoms with E-state index >= 15 is 0 Å². The van der Waals surface area contributed by atoms with Gasteiger partial charge in [-0.2, -0.15) is 18.3 Å². The highest BCUT2D eigenvalue weighted by Crippen LogP contribution is 2.43. The zero-order valence-electron chi connectivity index (χ0n) is 19.7. The number of nitrogens with zero attached hydrogens (tertiary/aromatic N) is 8. The Morgan fingerprint density at radius 2 is 1.69 bits per heavy atom. The van der Waals surface area contributed by atoms with Gasteiger partial charge < -0.3 is 14.5 Å². The molecule has 0 N–H and O–H groups in total. The predicted molar refractivity (Wildman–Crippen MR) is 122 cm³/mol. The number of hydrogen-bond acceptors (Lipinski definition) is 8. The van der Waals surface area contributed by atoms with Crippen LogP contribution in [0.15, 0.2) is 12.3 Å². The molecule has 0 unspecified atom stereocenters. The SMILES string of the molecule is Cc1nc(N2CCC3(CCN(c4cnc5c(C)nn(C6COC6)c5n4)CC3)C2)cc(C(F)(F)F)n1. The van der Waals surface area contributed by atoms with E-state index in [1.807, 2.05) is 22.7 Å². The second kappa shape index (κ2) is 8.00. The van der Waals surface area contributed by atoms with E-state index in [0.29, 0.717) is 32.1 Å². The molecule has 6 heterocycles. The number of hydrogen-bond donors (Lipinski definition) is 0. The normalized spacial score (nSPS) is 20.7. The molecule has 3 fully saturated rings. The maximum atomic E-state index is 13.2. The van der Waals surface area contributed by atoms with Crippen LogP contribution in [-0.2, 0) is 10.9 Å². The smallest absolute Gasteiger partial charge is 0.377 e. The van der Waals surface area contributed by atoms with Crippen molar-refractivity contribution in [3.8, 4) is 0 Å². The van der Waals surface area contributed by atoms with Crippen molar-refractivity contribution in [1.82, 2.24) is 29.7 Å². The van der Waals surface area contributed by atoms with Gasteiger partial charge in [-0.15, -0.1) is 0 Å². The molecule has 3 aromatic rings. The van der Waals surface area contributed by atoms with Gasteiger partial charge in [-0.25, -0.2) is 24.6 Å². The van der Waals surface area contributed by atoms with Crippen molar-refractivity contribution in [3.05, 3.63) is 29.5 Å². The fourth-order valence-electron chi connectivity index (χ4n) is 5.42. The molecule has 3 aliphatic heterocycles. The van der Waals surface area contributed by atoms with Crippen molar-refractivity contribution in [2.45, 2.75) is 45.3 Å². The summed E-state index contributed by atoms with van der Waals surface area (Å²) in [6.45, 7) is 7.78. The molecule has 3 saturated heterocycles. The Kier molecular flexibility index (Phi) is 5.13. The quantitative estimate of drug-likeness (QED) is 0.555. The summed E-state index contributed by atoms with van der Waals surface area (Å²) in [6.07, 6.45) is 0.152. The number of halogens is 3. The van der Waals surface area contributed by atoms with Crippen LogP contribution in [0.2, 0.25) is 0 Å². The number of aromatic nitrogens is 6. The molecule has 0 aliphatic carbocycles. The molecule has 0 amide bonds. The lowest BCUT2D eigenvalue weighted by Gasteiger charge is -2.39. The molecular formula is C23H27F3N8O. The van der Waals surface area contributed by atoms with E-state index in [1.165, 1.54) is 6.92 Å². The van der Waals surface area contributed by atoms with E-state index in [1.54, 1.807) is 0 Å². The minimum absolute atomic E-state index is 0.0624. The largest absolute Gasteiger partial charge is 0.433 e. The predicted octanol–water partition coefficient (Wildman–Crippen LogP) is 3.32. The van der Waals surface area contributed by atoms with Crippen LogP contribution in [0.25, 0.3) is 11.2 Å². The Balaban J connectivity index is 1.17. The first-order valence-corrected chi connectivity index (χ1v) is 11.9. The van der Waals surface area contributed by atoms with Crippen LogP contribution in [0.4, 0.5) is 24.8 Å². The number of piperidine rings is 1. The third kappa shape index (κ3) is 3.97. The first kappa shape index (κ1) is 22.4. The van der Waals surface area contributed by atoms with Crippen molar-refractivity contribution < 1.29 is 17.9 Å². The molecule has 0 saturated carbocycles. The highest BCUT2D eigenvalue weighted by atomic mass is 19.4. The van der Waals surface area contributed by atoms with E-state index in [-0.39, 0.29) is 17.3 Å². The minimum Gasteiger partial charge on any atom is -0.377 e. The fraction of sp³-hybridized carbons (Fsp3) is 0.609. The van der Waals surface area contributed by atoms with E-state index < -0.39 is 11.9 Å². The van der Waals surface area contributed by atoms with Gasteiger partial charge in [0.15, 0.2) is 5.65 Å². The Morgan fingerprint density at radius 3 is 2.34 bits per heavy atom. The van der Waals surface area contributed by atoms with E-state index in [0.717, 1.165) is 61.1 Å². The average Bonchev–Trinajstić information content (AvgIpc) is 3.34. The van der Waals surface area contributed by atoms with Crippen molar-refractivity contribution >= 4 is 22.8 Å². The lowest BCUT2D eigenvalue weighted by molar-refractivity contribution is -0.141. The third-order valence-electron chi connectivity index (χ3n) is 7.55. The van der Waals surface area contributed by atoms with Gasteiger partial charge in [-0.3, -0.25) is 0 Å². The molecule has 1 spiro atoms. The highest BCUT2D eigenvalue weighted by molar-refractivity contribution is 5.75. The Hall–Kier alpha value is -3.02. The van der Waals surface area contributed by atoms with Crippen molar-refractivity contribution in [1.29, 1.82) is 0 Å². The molecule has 12 heteroatoms. The molecule has 0 atom stereocenters. The molecule has 0 radical (unpaired) electrons. The molecule has 3 aromatic heterocycles. The number of fused-ring (bicyclic) bond motifs is 1. The van der Waals surface area contributed by atoms with Crippen LogP contribution in [-0.4, -0.2) is 69.1 Å². The summed E-state index contributed by atoms with van der Waals surface area (Å²) in [5, 5.41) is 4.63. The van der Waals surface area contributed by atoms with Gasteiger partial charge in [-0.05, 0) is 38.5 Å².